The Morgan fingerprint density at radius 1 is 1.40 bits per heavy atom. The molecule has 0 bridgehead atoms. The van der Waals surface area contributed by atoms with Crippen LogP contribution >= 0.6 is 35.0 Å². The molecular weight excluding hydrogens is 379 g/mol. The molecule has 134 valence electrons. The van der Waals surface area contributed by atoms with Gasteiger partial charge in [-0.25, -0.2) is 0 Å². The highest BCUT2D eigenvalue weighted by atomic mass is 35.5. The van der Waals surface area contributed by atoms with Gasteiger partial charge < -0.3 is 9.88 Å². The molecule has 0 aliphatic heterocycles. The Hall–Kier alpha value is -1.50. The number of hydrogen-bond acceptors (Lipinski definition) is 4. The number of halogens is 2. The maximum absolute atomic E-state index is 12.5. The molecule has 1 aromatic heterocycles. The van der Waals surface area contributed by atoms with Crippen LogP contribution in [-0.2, 0) is 11.3 Å². The van der Waals surface area contributed by atoms with Crippen molar-refractivity contribution in [3.8, 4) is 0 Å². The van der Waals surface area contributed by atoms with Crippen molar-refractivity contribution in [2.45, 2.75) is 43.8 Å². The molecule has 0 aliphatic rings. The largest absolute Gasteiger partial charge is 0.349 e. The molecule has 1 aromatic carbocycles. The molecule has 5 nitrogen and oxygen atoms in total. The lowest BCUT2D eigenvalue weighted by atomic mass is 10.1. The standard InChI is InChI=1S/C17H20Cl2N4OS/c1-5-8-23-12(4)21-22-17(23)25-11(3)16(24)20-10(2)14-7-6-13(18)9-15(14)19/h5-7,9-11H,1,8H2,2-4H3,(H,20,24). The van der Waals surface area contributed by atoms with Crippen LogP contribution in [0.1, 0.15) is 31.3 Å². The minimum atomic E-state index is -0.333. The zero-order chi connectivity index (χ0) is 18.6. The number of aryl methyl sites for hydroxylation is 1. The van der Waals surface area contributed by atoms with Gasteiger partial charge in [-0.2, -0.15) is 0 Å². The Labute approximate surface area is 161 Å². The third kappa shape index (κ3) is 5.00. The lowest BCUT2D eigenvalue weighted by Gasteiger charge is -2.18. The molecule has 8 heteroatoms. The van der Waals surface area contributed by atoms with E-state index >= 15 is 0 Å². The number of nitrogens with zero attached hydrogens (tertiary/aromatic N) is 3. The molecule has 25 heavy (non-hydrogen) atoms. The van der Waals surface area contributed by atoms with Gasteiger partial charge in [-0.1, -0.05) is 47.1 Å². The van der Waals surface area contributed by atoms with Crippen LogP contribution in [0.15, 0.2) is 36.0 Å². The Kier molecular flexibility index (Phi) is 6.93. The van der Waals surface area contributed by atoms with Crippen molar-refractivity contribution in [1.82, 2.24) is 20.1 Å². The molecule has 0 fully saturated rings. The summed E-state index contributed by atoms with van der Waals surface area (Å²) in [5, 5.41) is 12.6. The van der Waals surface area contributed by atoms with Gasteiger partial charge in [0.15, 0.2) is 5.16 Å². The van der Waals surface area contributed by atoms with E-state index in [9.17, 15) is 4.79 Å². The predicted molar refractivity (Wildman–Crippen MR) is 103 cm³/mol. The van der Waals surface area contributed by atoms with Crippen molar-refractivity contribution in [1.29, 1.82) is 0 Å². The third-order valence-electron chi connectivity index (χ3n) is 3.65. The van der Waals surface area contributed by atoms with Crippen molar-refractivity contribution in [2.24, 2.45) is 0 Å². The first-order valence-corrected chi connectivity index (χ1v) is 9.39. The van der Waals surface area contributed by atoms with E-state index in [0.717, 1.165) is 11.4 Å². The molecule has 2 aromatic rings. The summed E-state index contributed by atoms with van der Waals surface area (Å²) >= 11 is 13.5. The molecule has 0 radical (unpaired) electrons. The first kappa shape index (κ1) is 19.8. The number of carbonyl (C=O) groups is 1. The van der Waals surface area contributed by atoms with Gasteiger partial charge in [-0.15, -0.1) is 16.8 Å². The molecular formula is C17H20Cl2N4OS. The maximum Gasteiger partial charge on any atom is 0.233 e. The summed E-state index contributed by atoms with van der Waals surface area (Å²) in [4.78, 5) is 12.5. The molecule has 2 atom stereocenters. The van der Waals surface area contributed by atoms with E-state index in [2.05, 4.69) is 22.1 Å². The minimum Gasteiger partial charge on any atom is -0.349 e. The number of benzene rings is 1. The molecule has 1 amide bonds. The summed E-state index contributed by atoms with van der Waals surface area (Å²) in [5.74, 6) is 0.686. The summed E-state index contributed by atoms with van der Waals surface area (Å²) in [6.07, 6.45) is 1.77. The first-order chi connectivity index (χ1) is 11.8. The molecule has 0 aliphatic carbocycles. The fourth-order valence-electron chi connectivity index (χ4n) is 2.26. The second-order valence-corrected chi connectivity index (χ2v) is 7.74. The van der Waals surface area contributed by atoms with Gasteiger partial charge in [-0.3, -0.25) is 4.79 Å². The van der Waals surface area contributed by atoms with Gasteiger partial charge in [0, 0.05) is 16.6 Å². The van der Waals surface area contributed by atoms with Crippen molar-refractivity contribution in [3.63, 3.8) is 0 Å². The van der Waals surface area contributed by atoms with E-state index in [1.54, 1.807) is 18.2 Å². The van der Waals surface area contributed by atoms with Crippen LogP contribution in [0.3, 0.4) is 0 Å². The average molecular weight is 399 g/mol. The van der Waals surface area contributed by atoms with Crippen LogP contribution in [0.25, 0.3) is 0 Å². The van der Waals surface area contributed by atoms with Gasteiger partial charge in [0.1, 0.15) is 5.82 Å². The average Bonchev–Trinajstić information content (AvgIpc) is 2.88. The van der Waals surface area contributed by atoms with Gasteiger partial charge in [-0.05, 0) is 38.5 Å². The summed E-state index contributed by atoms with van der Waals surface area (Å²) < 4.78 is 1.92. The number of hydrogen-bond donors (Lipinski definition) is 1. The highest BCUT2D eigenvalue weighted by Gasteiger charge is 2.21. The van der Waals surface area contributed by atoms with Gasteiger partial charge in [0.25, 0.3) is 0 Å². The zero-order valence-corrected chi connectivity index (χ0v) is 16.6. The quantitative estimate of drug-likeness (QED) is 0.553. The van der Waals surface area contributed by atoms with Crippen LogP contribution in [0.4, 0.5) is 0 Å². The van der Waals surface area contributed by atoms with Crippen molar-refractivity contribution >= 4 is 40.9 Å². The van der Waals surface area contributed by atoms with E-state index in [1.807, 2.05) is 31.4 Å². The number of nitrogens with one attached hydrogen (secondary N) is 1. The van der Waals surface area contributed by atoms with Crippen LogP contribution in [-0.4, -0.2) is 25.9 Å². The number of allylic oxidation sites excluding steroid dienone is 1. The SMILES string of the molecule is C=CCn1c(C)nnc1SC(C)C(=O)NC(C)c1ccc(Cl)cc1Cl. The minimum absolute atomic E-state index is 0.102. The van der Waals surface area contributed by atoms with Crippen molar-refractivity contribution < 1.29 is 4.79 Å². The number of aromatic nitrogens is 3. The van der Waals surface area contributed by atoms with E-state index in [1.165, 1.54) is 11.8 Å². The maximum atomic E-state index is 12.5. The fourth-order valence-corrected chi connectivity index (χ4v) is 3.75. The van der Waals surface area contributed by atoms with Crippen molar-refractivity contribution in [2.75, 3.05) is 0 Å². The highest BCUT2D eigenvalue weighted by Crippen LogP contribution is 2.27. The summed E-state index contributed by atoms with van der Waals surface area (Å²) in [6, 6.07) is 5.01. The summed E-state index contributed by atoms with van der Waals surface area (Å²) in [7, 11) is 0. The number of rotatable bonds is 7. The summed E-state index contributed by atoms with van der Waals surface area (Å²) in [5.41, 5.74) is 0.822. The zero-order valence-electron chi connectivity index (χ0n) is 14.3. The van der Waals surface area contributed by atoms with Crippen LogP contribution < -0.4 is 5.32 Å². The Bertz CT molecular complexity index is 778. The molecule has 0 saturated heterocycles. The second kappa shape index (κ2) is 8.74. The van der Waals surface area contributed by atoms with Gasteiger partial charge in [0.2, 0.25) is 5.91 Å². The van der Waals surface area contributed by atoms with Crippen LogP contribution in [0, 0.1) is 6.92 Å². The Balaban J connectivity index is 2.04. The van der Waals surface area contributed by atoms with Crippen LogP contribution in [0.5, 0.6) is 0 Å². The monoisotopic (exact) mass is 398 g/mol. The van der Waals surface area contributed by atoms with Crippen molar-refractivity contribution in [3.05, 3.63) is 52.3 Å². The lowest BCUT2D eigenvalue weighted by Crippen LogP contribution is -2.33. The second-order valence-electron chi connectivity index (χ2n) is 5.59. The highest BCUT2D eigenvalue weighted by molar-refractivity contribution is 8.00. The molecule has 1 heterocycles. The normalized spacial score (nSPS) is 13.3. The molecule has 2 rings (SSSR count). The van der Waals surface area contributed by atoms with Gasteiger partial charge >= 0.3 is 0 Å². The van der Waals surface area contributed by atoms with E-state index in [4.69, 9.17) is 23.2 Å². The Morgan fingerprint density at radius 2 is 2.12 bits per heavy atom. The lowest BCUT2D eigenvalue weighted by molar-refractivity contribution is -0.120. The molecule has 0 saturated carbocycles. The molecule has 1 N–H and O–H groups in total. The molecule has 2 unspecified atom stereocenters. The predicted octanol–water partition coefficient (Wildman–Crippen LogP) is 4.44. The van der Waals surface area contributed by atoms with E-state index < -0.39 is 0 Å². The first-order valence-electron chi connectivity index (χ1n) is 7.76. The number of carbonyl (C=O) groups excluding carboxylic acids is 1. The Morgan fingerprint density at radius 3 is 2.76 bits per heavy atom. The smallest absolute Gasteiger partial charge is 0.233 e. The summed E-state index contributed by atoms with van der Waals surface area (Å²) in [6.45, 7) is 9.92. The van der Waals surface area contributed by atoms with Crippen LogP contribution in [0.2, 0.25) is 10.0 Å². The van der Waals surface area contributed by atoms with E-state index in [0.29, 0.717) is 21.7 Å². The van der Waals surface area contributed by atoms with Gasteiger partial charge in [0.05, 0.1) is 11.3 Å². The molecule has 0 spiro atoms. The number of thioether (sulfide) groups is 1. The van der Waals surface area contributed by atoms with E-state index in [-0.39, 0.29) is 17.2 Å². The topological polar surface area (TPSA) is 59.8 Å². The fraction of sp³-hybridized carbons (Fsp3) is 0.353. The third-order valence-corrected chi connectivity index (χ3v) is 5.30. The number of amides is 1.